The number of anilines is 1. The van der Waals surface area contributed by atoms with Crippen molar-refractivity contribution in [3.05, 3.63) is 29.3 Å². The first-order valence-corrected chi connectivity index (χ1v) is 8.56. The van der Waals surface area contributed by atoms with E-state index < -0.39 is 0 Å². The van der Waals surface area contributed by atoms with Gasteiger partial charge in [0.05, 0.1) is 0 Å². The monoisotopic (exact) mass is 316 g/mol. The van der Waals surface area contributed by atoms with Crippen LogP contribution in [0.3, 0.4) is 0 Å². The minimum atomic E-state index is 0.0120. The van der Waals surface area contributed by atoms with Gasteiger partial charge < -0.3 is 10.6 Å². The lowest BCUT2D eigenvalue weighted by molar-refractivity contribution is -0.128. The molecule has 0 aromatic heterocycles. The smallest absolute Gasteiger partial charge is 0.227 e. The van der Waals surface area contributed by atoms with E-state index in [0.29, 0.717) is 0 Å². The normalized spacial score (nSPS) is 21.1. The molecule has 1 saturated carbocycles. The molecule has 2 rings (SSSR count). The van der Waals surface area contributed by atoms with Gasteiger partial charge in [-0.15, -0.1) is 0 Å². The number of aryl methyl sites for hydroxylation is 1. The fourth-order valence-corrected chi connectivity index (χ4v) is 3.14. The lowest BCUT2D eigenvalue weighted by Crippen LogP contribution is -2.38. The first kappa shape index (κ1) is 17.5. The summed E-state index contributed by atoms with van der Waals surface area (Å²) in [5, 5.41) is 6.03. The molecule has 4 heteroatoms. The summed E-state index contributed by atoms with van der Waals surface area (Å²) in [6.07, 6.45) is 3.16. The van der Waals surface area contributed by atoms with E-state index >= 15 is 0 Å². The third-order valence-corrected chi connectivity index (χ3v) is 4.76. The van der Waals surface area contributed by atoms with Gasteiger partial charge in [0.15, 0.2) is 0 Å². The van der Waals surface area contributed by atoms with Crippen LogP contribution in [0.25, 0.3) is 0 Å². The molecule has 0 heterocycles. The van der Waals surface area contributed by atoms with Crippen molar-refractivity contribution in [3.8, 4) is 0 Å². The zero-order valence-electron chi connectivity index (χ0n) is 14.6. The molecular weight excluding hydrogens is 288 g/mol. The van der Waals surface area contributed by atoms with Crippen LogP contribution in [-0.4, -0.2) is 17.9 Å². The zero-order chi connectivity index (χ0) is 17.0. The Morgan fingerprint density at radius 1 is 1.00 bits per heavy atom. The van der Waals surface area contributed by atoms with Crippen LogP contribution in [-0.2, 0) is 9.59 Å². The van der Waals surface area contributed by atoms with Gasteiger partial charge in [-0.2, -0.15) is 0 Å². The second-order valence-electron chi connectivity index (χ2n) is 6.95. The van der Waals surface area contributed by atoms with Gasteiger partial charge in [0, 0.05) is 23.6 Å². The number of hydrogen-bond acceptors (Lipinski definition) is 2. The predicted molar refractivity (Wildman–Crippen MR) is 93.3 cm³/mol. The van der Waals surface area contributed by atoms with Crippen molar-refractivity contribution in [1.29, 1.82) is 0 Å². The highest BCUT2D eigenvalue weighted by molar-refractivity contribution is 5.93. The van der Waals surface area contributed by atoms with Crippen LogP contribution in [0.2, 0.25) is 0 Å². The van der Waals surface area contributed by atoms with Crippen molar-refractivity contribution in [1.82, 2.24) is 5.32 Å². The molecular formula is C19H28N2O2. The number of carbonyl (C=O) groups excluding carboxylic acids is 2. The van der Waals surface area contributed by atoms with E-state index in [1.54, 1.807) is 0 Å². The van der Waals surface area contributed by atoms with Gasteiger partial charge in [0.1, 0.15) is 0 Å². The van der Waals surface area contributed by atoms with E-state index in [4.69, 9.17) is 0 Å². The summed E-state index contributed by atoms with van der Waals surface area (Å²) < 4.78 is 0. The van der Waals surface area contributed by atoms with Gasteiger partial charge in [0.25, 0.3) is 0 Å². The van der Waals surface area contributed by atoms with Crippen molar-refractivity contribution >= 4 is 17.5 Å². The molecule has 1 fully saturated rings. The molecule has 0 bridgehead atoms. The molecule has 0 unspecified atom stereocenters. The number of benzene rings is 1. The minimum Gasteiger partial charge on any atom is -0.354 e. The highest BCUT2D eigenvalue weighted by Gasteiger charge is 2.30. The van der Waals surface area contributed by atoms with E-state index in [0.717, 1.165) is 36.9 Å². The third-order valence-electron chi connectivity index (χ3n) is 4.76. The van der Waals surface area contributed by atoms with Crippen molar-refractivity contribution in [2.75, 3.05) is 5.32 Å². The number of hydrogen-bond donors (Lipinski definition) is 2. The summed E-state index contributed by atoms with van der Waals surface area (Å²) in [5.41, 5.74) is 3.19. The summed E-state index contributed by atoms with van der Waals surface area (Å²) in [7, 11) is 0. The molecule has 1 aliphatic rings. The quantitative estimate of drug-likeness (QED) is 0.892. The molecule has 0 atom stereocenters. The van der Waals surface area contributed by atoms with Crippen LogP contribution in [0.5, 0.6) is 0 Å². The average Bonchev–Trinajstić information content (AvgIpc) is 2.51. The molecule has 2 amide bonds. The summed E-state index contributed by atoms with van der Waals surface area (Å²) in [5.74, 6) is 0.287. The molecule has 23 heavy (non-hydrogen) atoms. The van der Waals surface area contributed by atoms with Gasteiger partial charge in [-0.05, 0) is 70.6 Å². The lowest BCUT2D eigenvalue weighted by atomic mass is 9.81. The van der Waals surface area contributed by atoms with Gasteiger partial charge in [-0.1, -0.05) is 12.1 Å². The fraction of sp³-hybridized carbons (Fsp3) is 0.579. The van der Waals surface area contributed by atoms with Crippen LogP contribution in [0.1, 0.15) is 50.7 Å². The Morgan fingerprint density at radius 3 is 2.13 bits per heavy atom. The van der Waals surface area contributed by atoms with E-state index in [1.807, 2.05) is 45.9 Å². The van der Waals surface area contributed by atoms with Crippen LogP contribution < -0.4 is 10.6 Å². The molecule has 1 aromatic rings. The minimum absolute atomic E-state index is 0.0120. The second kappa shape index (κ2) is 7.62. The topological polar surface area (TPSA) is 58.2 Å². The zero-order valence-corrected chi connectivity index (χ0v) is 14.6. The van der Waals surface area contributed by atoms with Gasteiger partial charge in [-0.3, -0.25) is 9.59 Å². The number of nitrogens with one attached hydrogen (secondary N) is 2. The Labute approximate surface area is 139 Å². The molecule has 0 radical (unpaired) electrons. The van der Waals surface area contributed by atoms with E-state index in [9.17, 15) is 9.59 Å². The average molecular weight is 316 g/mol. The summed E-state index contributed by atoms with van der Waals surface area (Å²) in [4.78, 5) is 24.5. The van der Waals surface area contributed by atoms with Crippen LogP contribution in [0.15, 0.2) is 18.2 Å². The summed E-state index contributed by atoms with van der Waals surface area (Å²) in [6.45, 7) is 8.02. The first-order valence-electron chi connectivity index (χ1n) is 8.56. The van der Waals surface area contributed by atoms with Crippen LogP contribution in [0.4, 0.5) is 5.69 Å². The van der Waals surface area contributed by atoms with Crippen molar-refractivity contribution in [2.24, 2.45) is 11.8 Å². The molecule has 126 valence electrons. The van der Waals surface area contributed by atoms with Gasteiger partial charge >= 0.3 is 0 Å². The first-order chi connectivity index (χ1) is 10.9. The standard InChI is InChI=1S/C19H28N2O2/c1-12(2)20-18(22)15-8-10-16(11-9-15)19(23)21-17-7-5-6-13(3)14(17)4/h5-7,12,15-16H,8-11H2,1-4H3,(H,20,22)(H,21,23). The highest BCUT2D eigenvalue weighted by atomic mass is 16.2. The summed E-state index contributed by atoms with van der Waals surface area (Å²) in [6, 6.07) is 6.13. The molecule has 0 saturated heterocycles. The molecule has 2 N–H and O–H groups in total. The van der Waals surface area contributed by atoms with Crippen molar-refractivity contribution in [3.63, 3.8) is 0 Å². The van der Waals surface area contributed by atoms with E-state index in [2.05, 4.69) is 10.6 Å². The van der Waals surface area contributed by atoms with E-state index in [1.165, 1.54) is 5.56 Å². The summed E-state index contributed by atoms with van der Waals surface area (Å²) >= 11 is 0. The molecule has 0 spiro atoms. The van der Waals surface area contributed by atoms with Crippen molar-refractivity contribution in [2.45, 2.75) is 59.4 Å². The number of rotatable bonds is 4. The molecule has 4 nitrogen and oxygen atoms in total. The Balaban J connectivity index is 1.89. The molecule has 1 aliphatic carbocycles. The van der Waals surface area contributed by atoms with Crippen molar-refractivity contribution < 1.29 is 9.59 Å². The Hall–Kier alpha value is -1.84. The second-order valence-corrected chi connectivity index (χ2v) is 6.95. The number of carbonyl (C=O) groups is 2. The van der Waals surface area contributed by atoms with Crippen LogP contribution >= 0.6 is 0 Å². The Bertz CT molecular complexity index is 573. The maximum absolute atomic E-state index is 12.5. The Kier molecular flexibility index (Phi) is 5.80. The van der Waals surface area contributed by atoms with E-state index in [-0.39, 0.29) is 29.7 Å². The molecule has 1 aromatic carbocycles. The highest BCUT2D eigenvalue weighted by Crippen LogP contribution is 2.30. The van der Waals surface area contributed by atoms with Gasteiger partial charge in [0.2, 0.25) is 11.8 Å². The fourth-order valence-electron chi connectivity index (χ4n) is 3.14. The maximum atomic E-state index is 12.5. The maximum Gasteiger partial charge on any atom is 0.227 e. The largest absolute Gasteiger partial charge is 0.354 e. The van der Waals surface area contributed by atoms with Crippen LogP contribution in [0, 0.1) is 25.7 Å². The lowest BCUT2D eigenvalue weighted by Gasteiger charge is -2.27. The predicted octanol–water partition coefficient (Wildman–Crippen LogP) is 3.57. The third kappa shape index (κ3) is 4.57. The molecule has 0 aliphatic heterocycles. The Morgan fingerprint density at radius 2 is 1.57 bits per heavy atom. The SMILES string of the molecule is Cc1cccc(NC(=O)C2CCC(C(=O)NC(C)C)CC2)c1C. The number of amides is 2. The van der Waals surface area contributed by atoms with Gasteiger partial charge in [-0.25, -0.2) is 0 Å².